The first-order valence-electron chi connectivity index (χ1n) is 14.0. The third kappa shape index (κ3) is 6.63. The third-order valence-corrected chi connectivity index (χ3v) is 12.3. The van der Waals surface area contributed by atoms with Crippen LogP contribution in [0.2, 0.25) is 10.0 Å². The van der Waals surface area contributed by atoms with Crippen molar-refractivity contribution in [3.63, 3.8) is 0 Å². The standard InChI is InChI=1S/C31H34Cl2N2O6S2/c1-30(2,3)43(39,40)17-23(18-8-9-18)35-26(19-10-12-21(32)13-11-19)27(20-6-5-7-22(33)14-20)41-31(4,29(35)38)15-25-34-16-24(42-25)28(36)37/h5-7,10-14,16,18,23,26-27H,8-9,15,17H2,1-4H3,(H,36,37)/t23?,26?,27-,31+/m1/s1. The largest absolute Gasteiger partial charge is 0.477 e. The highest BCUT2D eigenvalue weighted by Crippen LogP contribution is 2.51. The van der Waals surface area contributed by atoms with Crippen LogP contribution < -0.4 is 0 Å². The van der Waals surface area contributed by atoms with Crippen molar-refractivity contribution in [2.75, 3.05) is 5.75 Å². The lowest BCUT2D eigenvalue weighted by Crippen LogP contribution is -2.62. The van der Waals surface area contributed by atoms with Gasteiger partial charge >= 0.3 is 5.97 Å². The molecule has 4 atom stereocenters. The number of ether oxygens (including phenoxy) is 1. The van der Waals surface area contributed by atoms with E-state index in [1.165, 1.54) is 6.20 Å². The number of nitrogens with zero attached hydrogens (tertiary/aromatic N) is 2. The summed E-state index contributed by atoms with van der Waals surface area (Å²) in [6.07, 6.45) is 2.14. The summed E-state index contributed by atoms with van der Waals surface area (Å²) in [6.45, 7) is 6.69. The SMILES string of the molecule is CC(C)(C)S(=O)(=O)CC(C1CC1)N1C(=O)[C@](C)(Cc2ncc(C(=O)O)s2)O[C@H](c2cccc(Cl)c2)C1c1ccc(Cl)cc1. The van der Waals surface area contributed by atoms with E-state index in [2.05, 4.69) is 4.98 Å². The number of aromatic carboxylic acids is 1. The van der Waals surface area contributed by atoms with E-state index in [0.717, 1.165) is 35.3 Å². The molecule has 2 unspecified atom stereocenters. The van der Waals surface area contributed by atoms with Crippen molar-refractivity contribution >= 4 is 56.3 Å². The monoisotopic (exact) mass is 664 g/mol. The molecule has 8 nitrogen and oxygen atoms in total. The average Bonchev–Trinajstić information content (AvgIpc) is 3.66. The Balaban J connectivity index is 1.69. The lowest BCUT2D eigenvalue weighted by atomic mass is 9.85. The van der Waals surface area contributed by atoms with Crippen LogP contribution in [0.15, 0.2) is 54.7 Å². The number of carboxylic acids is 1. The molecule has 2 aromatic carbocycles. The zero-order valence-corrected chi connectivity index (χ0v) is 27.4. The van der Waals surface area contributed by atoms with Crippen molar-refractivity contribution in [2.24, 2.45) is 5.92 Å². The van der Waals surface area contributed by atoms with Gasteiger partial charge in [-0.3, -0.25) is 4.79 Å². The number of rotatable bonds is 9. The van der Waals surface area contributed by atoms with Crippen molar-refractivity contribution in [1.82, 2.24) is 9.88 Å². The Morgan fingerprint density at radius 1 is 1.14 bits per heavy atom. The zero-order valence-electron chi connectivity index (χ0n) is 24.3. The molecular formula is C31H34Cl2N2O6S2. The fourth-order valence-electron chi connectivity index (χ4n) is 5.52. The van der Waals surface area contributed by atoms with Gasteiger partial charge < -0.3 is 14.7 Å². The first-order chi connectivity index (χ1) is 20.1. The number of halogens is 2. The van der Waals surface area contributed by atoms with E-state index in [0.29, 0.717) is 15.1 Å². The number of morpholine rings is 1. The van der Waals surface area contributed by atoms with Gasteiger partial charge in [0.25, 0.3) is 5.91 Å². The molecule has 2 heterocycles. The van der Waals surface area contributed by atoms with Crippen LogP contribution in [-0.2, 0) is 25.8 Å². The molecule has 5 rings (SSSR count). The Labute approximate surface area is 265 Å². The summed E-state index contributed by atoms with van der Waals surface area (Å²) < 4.78 is 33.1. The maximum absolute atomic E-state index is 14.8. The Kier molecular flexibility index (Phi) is 8.74. The van der Waals surface area contributed by atoms with Gasteiger partial charge in [-0.1, -0.05) is 47.5 Å². The minimum absolute atomic E-state index is 0.00304. The second-order valence-corrected chi connectivity index (χ2v) is 17.2. The molecule has 1 saturated heterocycles. The van der Waals surface area contributed by atoms with Gasteiger partial charge in [0.1, 0.15) is 11.0 Å². The molecule has 1 N–H and O–H groups in total. The molecule has 1 saturated carbocycles. The number of carboxylic acid groups (broad SMARTS) is 1. The molecule has 2 fully saturated rings. The van der Waals surface area contributed by atoms with Gasteiger partial charge in [-0.05, 0) is 81.8 Å². The van der Waals surface area contributed by atoms with Crippen molar-refractivity contribution in [1.29, 1.82) is 0 Å². The number of benzene rings is 2. The molecule has 1 aliphatic heterocycles. The summed E-state index contributed by atoms with van der Waals surface area (Å²) >= 11 is 13.7. The molecule has 3 aromatic rings. The van der Waals surface area contributed by atoms with Crippen LogP contribution in [0.1, 0.15) is 78.5 Å². The molecule has 1 aromatic heterocycles. The van der Waals surface area contributed by atoms with E-state index >= 15 is 0 Å². The van der Waals surface area contributed by atoms with Gasteiger partial charge in [0.2, 0.25) is 0 Å². The summed E-state index contributed by atoms with van der Waals surface area (Å²) in [4.78, 5) is 32.4. The molecule has 230 valence electrons. The highest BCUT2D eigenvalue weighted by Gasteiger charge is 2.56. The fraction of sp³-hybridized carbons (Fsp3) is 0.452. The van der Waals surface area contributed by atoms with Gasteiger partial charge in [0, 0.05) is 22.5 Å². The van der Waals surface area contributed by atoms with Crippen molar-refractivity contribution in [2.45, 2.75) is 75.5 Å². The summed E-state index contributed by atoms with van der Waals surface area (Å²) in [5, 5.41) is 10.9. The predicted molar refractivity (Wildman–Crippen MR) is 168 cm³/mol. The Bertz CT molecular complexity index is 1630. The Morgan fingerprint density at radius 3 is 2.37 bits per heavy atom. The number of aromatic nitrogens is 1. The fourth-order valence-corrected chi connectivity index (χ4v) is 8.13. The van der Waals surface area contributed by atoms with Crippen LogP contribution in [0.4, 0.5) is 0 Å². The average molecular weight is 666 g/mol. The molecule has 12 heteroatoms. The molecular weight excluding hydrogens is 631 g/mol. The number of sulfone groups is 1. The quantitative estimate of drug-likeness (QED) is 0.268. The van der Waals surface area contributed by atoms with Crippen LogP contribution in [0.25, 0.3) is 0 Å². The molecule has 0 radical (unpaired) electrons. The number of hydrogen-bond donors (Lipinski definition) is 1. The molecule has 43 heavy (non-hydrogen) atoms. The second kappa shape index (κ2) is 11.8. The number of amides is 1. The smallest absolute Gasteiger partial charge is 0.347 e. The number of carbonyl (C=O) groups excluding carboxylic acids is 1. The van der Waals surface area contributed by atoms with Crippen LogP contribution >= 0.6 is 34.5 Å². The highest BCUT2D eigenvalue weighted by molar-refractivity contribution is 7.92. The number of thiazole rings is 1. The summed E-state index contributed by atoms with van der Waals surface area (Å²) in [7, 11) is -3.63. The number of carbonyl (C=O) groups is 2. The predicted octanol–water partition coefficient (Wildman–Crippen LogP) is 6.78. The minimum Gasteiger partial charge on any atom is -0.477 e. The maximum Gasteiger partial charge on any atom is 0.347 e. The Morgan fingerprint density at radius 2 is 1.81 bits per heavy atom. The van der Waals surface area contributed by atoms with Crippen LogP contribution in [0.3, 0.4) is 0 Å². The van der Waals surface area contributed by atoms with E-state index in [4.69, 9.17) is 27.9 Å². The van der Waals surface area contributed by atoms with E-state index in [9.17, 15) is 23.1 Å². The second-order valence-electron chi connectivity index (χ2n) is 12.4. The molecule has 0 bridgehead atoms. The van der Waals surface area contributed by atoms with Crippen molar-refractivity contribution in [3.05, 3.63) is 85.8 Å². The normalized spacial score (nSPS) is 23.8. The van der Waals surface area contributed by atoms with Gasteiger partial charge in [0.05, 0.1) is 27.7 Å². The minimum atomic E-state index is -3.63. The highest BCUT2D eigenvalue weighted by atomic mass is 35.5. The first-order valence-corrected chi connectivity index (χ1v) is 17.2. The summed E-state index contributed by atoms with van der Waals surface area (Å²) in [5.41, 5.74) is -0.0249. The zero-order chi connectivity index (χ0) is 31.3. The van der Waals surface area contributed by atoms with E-state index < -0.39 is 44.3 Å². The molecule has 1 aliphatic carbocycles. The third-order valence-electron chi connectivity index (χ3n) is 8.15. The van der Waals surface area contributed by atoms with Crippen molar-refractivity contribution < 1.29 is 27.9 Å². The van der Waals surface area contributed by atoms with Crippen LogP contribution in [0.5, 0.6) is 0 Å². The van der Waals surface area contributed by atoms with Crippen LogP contribution in [0, 0.1) is 5.92 Å². The van der Waals surface area contributed by atoms with E-state index in [1.54, 1.807) is 62.9 Å². The molecule has 1 amide bonds. The molecule has 2 aliphatic rings. The number of hydrogen-bond acceptors (Lipinski definition) is 7. The van der Waals surface area contributed by atoms with Crippen molar-refractivity contribution in [3.8, 4) is 0 Å². The topological polar surface area (TPSA) is 114 Å². The van der Waals surface area contributed by atoms with Gasteiger partial charge in [0.15, 0.2) is 15.4 Å². The van der Waals surface area contributed by atoms with Gasteiger partial charge in [-0.25, -0.2) is 18.2 Å². The van der Waals surface area contributed by atoms with E-state index in [1.807, 2.05) is 18.2 Å². The lowest BCUT2D eigenvalue weighted by molar-refractivity contribution is -0.202. The van der Waals surface area contributed by atoms with E-state index in [-0.39, 0.29) is 28.9 Å². The summed E-state index contributed by atoms with van der Waals surface area (Å²) in [5.74, 6) is -1.68. The van der Waals surface area contributed by atoms with Gasteiger partial charge in [-0.2, -0.15) is 0 Å². The van der Waals surface area contributed by atoms with Crippen LogP contribution in [-0.4, -0.2) is 57.4 Å². The summed E-state index contributed by atoms with van der Waals surface area (Å²) in [6, 6.07) is 13.0. The Hall–Kier alpha value is -2.50. The van der Waals surface area contributed by atoms with Gasteiger partial charge in [-0.15, -0.1) is 11.3 Å². The molecule has 0 spiro atoms. The lowest BCUT2D eigenvalue weighted by Gasteiger charge is -2.52. The maximum atomic E-state index is 14.8. The first kappa shape index (κ1) is 31.9.